The van der Waals surface area contributed by atoms with Gasteiger partial charge in [0.25, 0.3) is 0 Å². The van der Waals surface area contributed by atoms with Crippen LogP contribution in [-0.4, -0.2) is 37.1 Å². The largest absolute Gasteiger partial charge is 0.384 e. The summed E-state index contributed by atoms with van der Waals surface area (Å²) in [6, 6.07) is 6.30. The molecule has 80 valence electrons. The predicted octanol–water partition coefficient (Wildman–Crippen LogP) is 2.27. The van der Waals surface area contributed by atoms with E-state index in [2.05, 4.69) is 47.5 Å². The first-order valence-electron chi connectivity index (χ1n) is 4.97. The Morgan fingerprint density at radius 2 is 2.27 bits per heavy atom. The zero-order valence-electron chi connectivity index (χ0n) is 9.03. The van der Waals surface area contributed by atoms with Crippen molar-refractivity contribution in [3.8, 4) is 0 Å². The van der Waals surface area contributed by atoms with Gasteiger partial charge in [-0.1, -0.05) is 0 Å². The Bertz CT molecular complexity index is 436. The van der Waals surface area contributed by atoms with Gasteiger partial charge in [-0.15, -0.1) is 11.3 Å². The molecule has 0 aliphatic heterocycles. The Labute approximate surface area is 93.7 Å². The molecule has 0 unspecified atom stereocenters. The molecule has 1 aromatic heterocycles. The number of aromatic nitrogens is 1. The lowest BCUT2D eigenvalue weighted by atomic mass is 10.3. The van der Waals surface area contributed by atoms with Gasteiger partial charge < -0.3 is 10.2 Å². The van der Waals surface area contributed by atoms with Crippen LogP contribution in [0.3, 0.4) is 0 Å². The van der Waals surface area contributed by atoms with Crippen LogP contribution in [0, 0.1) is 0 Å². The van der Waals surface area contributed by atoms with Crippen molar-refractivity contribution in [1.29, 1.82) is 0 Å². The summed E-state index contributed by atoms with van der Waals surface area (Å²) in [5.41, 5.74) is 4.14. The van der Waals surface area contributed by atoms with E-state index in [1.165, 1.54) is 10.4 Å². The lowest BCUT2D eigenvalue weighted by Gasteiger charge is -2.11. The van der Waals surface area contributed by atoms with Gasteiger partial charge in [0.1, 0.15) is 0 Å². The summed E-state index contributed by atoms with van der Waals surface area (Å²) in [6.07, 6.45) is 0. The number of nitrogens with one attached hydrogen (secondary N) is 1. The highest BCUT2D eigenvalue weighted by Crippen LogP contribution is 2.21. The molecule has 0 saturated heterocycles. The molecule has 0 aliphatic rings. The van der Waals surface area contributed by atoms with Gasteiger partial charge in [0.15, 0.2) is 0 Å². The summed E-state index contributed by atoms with van der Waals surface area (Å²) in [6.45, 7) is 2.01. The van der Waals surface area contributed by atoms with E-state index in [-0.39, 0.29) is 0 Å². The SMILES string of the molecule is CN(C)CCNc1ccc2ncsc2c1. The lowest BCUT2D eigenvalue weighted by Crippen LogP contribution is -2.20. The standard InChI is InChI=1S/C11H15N3S/c1-14(2)6-5-12-9-3-4-10-11(7-9)15-8-13-10/h3-4,7-8,12H,5-6H2,1-2H3. The highest BCUT2D eigenvalue weighted by atomic mass is 32.1. The second kappa shape index (κ2) is 4.59. The van der Waals surface area contributed by atoms with Crippen molar-refractivity contribution in [3.63, 3.8) is 0 Å². The maximum Gasteiger partial charge on any atom is 0.0813 e. The van der Waals surface area contributed by atoms with E-state index in [1.807, 2.05) is 5.51 Å². The molecule has 0 saturated carbocycles. The Hall–Kier alpha value is -1.13. The maximum absolute atomic E-state index is 4.25. The number of nitrogens with zero attached hydrogens (tertiary/aromatic N) is 2. The van der Waals surface area contributed by atoms with Crippen molar-refractivity contribution < 1.29 is 0 Å². The van der Waals surface area contributed by atoms with E-state index >= 15 is 0 Å². The van der Waals surface area contributed by atoms with Gasteiger partial charge in [-0.05, 0) is 32.3 Å². The molecular weight excluding hydrogens is 206 g/mol. The minimum Gasteiger partial charge on any atom is -0.384 e. The fourth-order valence-corrected chi connectivity index (χ4v) is 2.11. The Balaban J connectivity index is 2.02. The molecular formula is C11H15N3S. The van der Waals surface area contributed by atoms with Crippen LogP contribution in [0.2, 0.25) is 0 Å². The maximum atomic E-state index is 4.25. The monoisotopic (exact) mass is 221 g/mol. The topological polar surface area (TPSA) is 28.2 Å². The highest BCUT2D eigenvalue weighted by Gasteiger charge is 1.98. The van der Waals surface area contributed by atoms with Crippen molar-refractivity contribution in [1.82, 2.24) is 9.88 Å². The van der Waals surface area contributed by atoms with Crippen LogP contribution in [0.15, 0.2) is 23.7 Å². The van der Waals surface area contributed by atoms with Crippen LogP contribution >= 0.6 is 11.3 Å². The lowest BCUT2D eigenvalue weighted by molar-refractivity contribution is 0.425. The first kappa shape index (κ1) is 10.4. The van der Waals surface area contributed by atoms with Crippen molar-refractivity contribution in [2.45, 2.75) is 0 Å². The molecule has 0 atom stereocenters. The molecule has 1 N–H and O–H groups in total. The Morgan fingerprint density at radius 3 is 3.07 bits per heavy atom. The van der Waals surface area contributed by atoms with Crippen molar-refractivity contribution in [3.05, 3.63) is 23.7 Å². The van der Waals surface area contributed by atoms with Crippen LogP contribution < -0.4 is 5.32 Å². The first-order valence-corrected chi connectivity index (χ1v) is 5.85. The average molecular weight is 221 g/mol. The second-order valence-electron chi connectivity index (χ2n) is 3.76. The molecule has 0 amide bonds. The van der Waals surface area contributed by atoms with Gasteiger partial charge in [0, 0.05) is 18.8 Å². The third-order valence-corrected chi connectivity index (χ3v) is 3.01. The third kappa shape index (κ3) is 2.67. The van der Waals surface area contributed by atoms with Gasteiger partial charge in [0.05, 0.1) is 15.7 Å². The van der Waals surface area contributed by atoms with Crippen LogP contribution in [0.4, 0.5) is 5.69 Å². The number of likely N-dealkylation sites (N-methyl/N-ethyl adjacent to an activating group) is 1. The fraction of sp³-hybridized carbons (Fsp3) is 0.364. The zero-order chi connectivity index (χ0) is 10.7. The minimum atomic E-state index is 0.970. The Kier molecular flexibility index (Phi) is 3.18. The summed E-state index contributed by atoms with van der Waals surface area (Å²) in [5.74, 6) is 0. The average Bonchev–Trinajstić information content (AvgIpc) is 2.64. The fourth-order valence-electron chi connectivity index (χ4n) is 1.39. The van der Waals surface area contributed by atoms with Crippen LogP contribution in [0.1, 0.15) is 0 Å². The molecule has 2 aromatic rings. The molecule has 0 aliphatic carbocycles. The van der Waals surface area contributed by atoms with Crippen LogP contribution in [-0.2, 0) is 0 Å². The van der Waals surface area contributed by atoms with Gasteiger partial charge in [0.2, 0.25) is 0 Å². The Morgan fingerprint density at radius 1 is 1.40 bits per heavy atom. The van der Waals surface area contributed by atoms with Crippen molar-refractivity contribution in [2.75, 3.05) is 32.5 Å². The first-order chi connectivity index (χ1) is 7.25. The van der Waals surface area contributed by atoms with Crippen molar-refractivity contribution >= 4 is 27.2 Å². The van der Waals surface area contributed by atoms with Gasteiger partial charge in [-0.3, -0.25) is 0 Å². The minimum absolute atomic E-state index is 0.970. The number of thiazole rings is 1. The molecule has 0 fully saturated rings. The predicted molar refractivity (Wildman–Crippen MR) is 66.7 cm³/mol. The van der Waals surface area contributed by atoms with E-state index in [0.29, 0.717) is 0 Å². The van der Waals surface area contributed by atoms with E-state index < -0.39 is 0 Å². The molecule has 0 spiro atoms. The van der Waals surface area contributed by atoms with Crippen LogP contribution in [0.25, 0.3) is 10.2 Å². The van der Waals surface area contributed by atoms with Crippen LogP contribution in [0.5, 0.6) is 0 Å². The smallest absolute Gasteiger partial charge is 0.0813 e. The number of hydrogen-bond acceptors (Lipinski definition) is 4. The molecule has 1 heterocycles. The van der Waals surface area contributed by atoms with Gasteiger partial charge in [-0.25, -0.2) is 4.98 Å². The highest BCUT2D eigenvalue weighted by molar-refractivity contribution is 7.16. The summed E-state index contributed by atoms with van der Waals surface area (Å²) in [4.78, 5) is 6.42. The van der Waals surface area contributed by atoms with E-state index in [4.69, 9.17) is 0 Å². The number of rotatable bonds is 4. The van der Waals surface area contributed by atoms with E-state index in [0.717, 1.165) is 18.6 Å². The van der Waals surface area contributed by atoms with Crippen molar-refractivity contribution in [2.24, 2.45) is 0 Å². The molecule has 2 rings (SSSR count). The van der Waals surface area contributed by atoms with E-state index in [9.17, 15) is 0 Å². The second-order valence-corrected chi connectivity index (χ2v) is 4.65. The van der Waals surface area contributed by atoms with Gasteiger partial charge >= 0.3 is 0 Å². The normalized spacial score (nSPS) is 11.1. The summed E-state index contributed by atoms with van der Waals surface area (Å²) >= 11 is 1.68. The molecule has 4 heteroatoms. The number of benzene rings is 1. The molecule has 0 radical (unpaired) electrons. The number of anilines is 1. The summed E-state index contributed by atoms with van der Waals surface area (Å²) < 4.78 is 1.24. The zero-order valence-corrected chi connectivity index (χ0v) is 9.84. The summed E-state index contributed by atoms with van der Waals surface area (Å²) in [7, 11) is 4.15. The van der Waals surface area contributed by atoms with Gasteiger partial charge in [-0.2, -0.15) is 0 Å². The molecule has 0 bridgehead atoms. The third-order valence-electron chi connectivity index (χ3n) is 2.22. The number of fused-ring (bicyclic) bond motifs is 1. The molecule has 15 heavy (non-hydrogen) atoms. The molecule has 1 aromatic carbocycles. The van der Waals surface area contributed by atoms with E-state index in [1.54, 1.807) is 11.3 Å². The quantitative estimate of drug-likeness (QED) is 0.858. The summed E-state index contributed by atoms with van der Waals surface area (Å²) in [5, 5.41) is 3.40. The number of hydrogen-bond donors (Lipinski definition) is 1. The molecule has 3 nitrogen and oxygen atoms in total.